The lowest BCUT2D eigenvalue weighted by Gasteiger charge is -2.20. The van der Waals surface area contributed by atoms with Crippen molar-refractivity contribution in [3.63, 3.8) is 0 Å². The van der Waals surface area contributed by atoms with E-state index in [0.29, 0.717) is 22.1 Å². The Morgan fingerprint density at radius 3 is 2.66 bits per heavy atom. The number of hydrogen-bond acceptors (Lipinski definition) is 4. The summed E-state index contributed by atoms with van der Waals surface area (Å²) in [7, 11) is 0. The first kappa shape index (κ1) is 19.7. The van der Waals surface area contributed by atoms with Gasteiger partial charge in [0.05, 0.1) is 22.3 Å². The van der Waals surface area contributed by atoms with Crippen LogP contribution in [0.5, 0.6) is 0 Å². The van der Waals surface area contributed by atoms with Crippen molar-refractivity contribution < 1.29 is 4.79 Å². The minimum atomic E-state index is -0.105. The quantitative estimate of drug-likeness (QED) is 0.456. The van der Waals surface area contributed by atoms with Crippen molar-refractivity contribution in [2.75, 3.05) is 12.3 Å². The van der Waals surface area contributed by atoms with Gasteiger partial charge in [0.15, 0.2) is 5.16 Å². The SMILES string of the molecule is CCN(C(=O)CSc1nc2ccccc2c(=O)n1-c1ccc(C)cc1C)C1CC1. The van der Waals surface area contributed by atoms with Crippen molar-refractivity contribution in [1.82, 2.24) is 14.5 Å². The molecule has 4 rings (SSSR count). The number of fused-ring (bicyclic) bond motifs is 1. The number of para-hydroxylation sites is 1. The first-order chi connectivity index (χ1) is 14.0. The molecule has 1 aliphatic carbocycles. The number of aromatic nitrogens is 2. The van der Waals surface area contributed by atoms with Gasteiger partial charge in [-0.1, -0.05) is 41.6 Å². The summed E-state index contributed by atoms with van der Waals surface area (Å²) in [6.45, 7) is 6.76. The van der Waals surface area contributed by atoms with Crippen molar-refractivity contribution in [3.05, 3.63) is 63.9 Å². The molecule has 2 aromatic carbocycles. The summed E-state index contributed by atoms with van der Waals surface area (Å²) in [5.41, 5.74) is 3.50. The minimum absolute atomic E-state index is 0.105. The zero-order chi connectivity index (χ0) is 20.5. The summed E-state index contributed by atoms with van der Waals surface area (Å²) < 4.78 is 1.66. The number of carbonyl (C=O) groups excluding carboxylic acids is 1. The van der Waals surface area contributed by atoms with E-state index in [1.807, 2.05) is 56.0 Å². The Labute approximate surface area is 174 Å². The zero-order valence-corrected chi connectivity index (χ0v) is 17.8. The molecule has 5 nitrogen and oxygen atoms in total. The van der Waals surface area contributed by atoms with Crippen molar-refractivity contribution in [2.45, 2.75) is 44.8 Å². The molecule has 0 spiro atoms. The average molecular weight is 408 g/mol. The molecule has 1 aliphatic rings. The van der Waals surface area contributed by atoms with E-state index in [4.69, 9.17) is 4.98 Å². The van der Waals surface area contributed by atoms with Crippen LogP contribution < -0.4 is 5.56 Å². The smallest absolute Gasteiger partial charge is 0.266 e. The molecule has 1 heterocycles. The van der Waals surface area contributed by atoms with Crippen molar-refractivity contribution in [1.29, 1.82) is 0 Å². The molecule has 1 saturated carbocycles. The second-order valence-electron chi connectivity index (χ2n) is 7.54. The van der Waals surface area contributed by atoms with Crippen LogP contribution in [0.4, 0.5) is 0 Å². The highest BCUT2D eigenvalue weighted by atomic mass is 32.2. The molecule has 0 N–H and O–H groups in total. The normalized spacial score (nSPS) is 13.6. The van der Waals surface area contributed by atoms with Gasteiger partial charge in [0.1, 0.15) is 0 Å². The highest BCUT2D eigenvalue weighted by Crippen LogP contribution is 2.29. The fourth-order valence-electron chi connectivity index (χ4n) is 3.71. The Hall–Kier alpha value is -2.60. The Kier molecular flexibility index (Phi) is 5.46. The summed E-state index contributed by atoms with van der Waals surface area (Å²) in [6, 6.07) is 13.8. The molecule has 1 amide bonds. The van der Waals surface area contributed by atoms with Gasteiger partial charge in [-0.05, 0) is 57.4 Å². The molecular weight excluding hydrogens is 382 g/mol. The fourth-order valence-corrected chi connectivity index (χ4v) is 4.60. The van der Waals surface area contributed by atoms with Gasteiger partial charge >= 0.3 is 0 Å². The van der Waals surface area contributed by atoms with E-state index in [0.717, 1.165) is 36.2 Å². The Morgan fingerprint density at radius 1 is 1.21 bits per heavy atom. The van der Waals surface area contributed by atoms with Crippen LogP contribution in [0.1, 0.15) is 30.9 Å². The predicted octanol–water partition coefficient (Wildman–Crippen LogP) is 4.11. The van der Waals surface area contributed by atoms with E-state index in [9.17, 15) is 9.59 Å². The standard InChI is InChI=1S/C23H25N3O2S/c1-4-25(17-10-11-17)21(27)14-29-23-24-19-8-6-5-7-18(19)22(28)26(23)20-12-9-15(2)13-16(20)3/h5-9,12-13,17H,4,10-11,14H2,1-3H3. The molecule has 3 aromatic rings. The molecule has 0 aliphatic heterocycles. The van der Waals surface area contributed by atoms with Gasteiger partial charge in [0.25, 0.3) is 5.56 Å². The maximum absolute atomic E-state index is 13.4. The van der Waals surface area contributed by atoms with Crippen LogP contribution in [-0.2, 0) is 4.79 Å². The van der Waals surface area contributed by atoms with Crippen LogP contribution in [0.15, 0.2) is 52.4 Å². The predicted molar refractivity (Wildman–Crippen MR) is 118 cm³/mol. The van der Waals surface area contributed by atoms with Gasteiger partial charge in [-0.25, -0.2) is 4.98 Å². The fraction of sp³-hybridized carbons (Fsp3) is 0.348. The number of carbonyl (C=O) groups is 1. The number of nitrogens with zero attached hydrogens (tertiary/aromatic N) is 3. The molecule has 0 unspecified atom stereocenters. The van der Waals surface area contributed by atoms with Crippen molar-refractivity contribution in [2.24, 2.45) is 0 Å². The number of aryl methyl sites for hydroxylation is 2. The maximum Gasteiger partial charge on any atom is 0.266 e. The third-order valence-corrected chi connectivity index (χ3v) is 6.23. The van der Waals surface area contributed by atoms with Crippen molar-refractivity contribution in [3.8, 4) is 5.69 Å². The molecule has 0 saturated heterocycles. The van der Waals surface area contributed by atoms with Crippen LogP contribution in [0, 0.1) is 13.8 Å². The molecule has 29 heavy (non-hydrogen) atoms. The molecule has 1 aromatic heterocycles. The number of rotatable bonds is 6. The van der Waals surface area contributed by atoms with Gasteiger partial charge < -0.3 is 4.90 Å². The Balaban J connectivity index is 1.77. The van der Waals surface area contributed by atoms with Crippen LogP contribution in [-0.4, -0.2) is 38.7 Å². The molecule has 1 fully saturated rings. The Bertz CT molecular complexity index is 1130. The van der Waals surface area contributed by atoms with Crippen molar-refractivity contribution >= 4 is 28.6 Å². The monoisotopic (exact) mass is 407 g/mol. The van der Waals surface area contributed by atoms with Crippen LogP contribution in [0.2, 0.25) is 0 Å². The molecule has 150 valence electrons. The van der Waals surface area contributed by atoms with Crippen LogP contribution in [0.3, 0.4) is 0 Å². The summed E-state index contributed by atoms with van der Waals surface area (Å²) in [5.74, 6) is 0.384. The first-order valence-electron chi connectivity index (χ1n) is 10.0. The molecule has 6 heteroatoms. The number of benzene rings is 2. The van der Waals surface area contributed by atoms with Crippen LogP contribution >= 0.6 is 11.8 Å². The number of hydrogen-bond donors (Lipinski definition) is 0. The highest BCUT2D eigenvalue weighted by molar-refractivity contribution is 7.99. The number of thioether (sulfide) groups is 1. The van der Waals surface area contributed by atoms with E-state index in [1.165, 1.54) is 11.8 Å². The highest BCUT2D eigenvalue weighted by Gasteiger charge is 2.31. The summed E-state index contributed by atoms with van der Waals surface area (Å²) in [6.07, 6.45) is 2.18. The lowest BCUT2D eigenvalue weighted by molar-refractivity contribution is -0.128. The molecule has 0 radical (unpaired) electrons. The second kappa shape index (κ2) is 8.03. The van der Waals surface area contributed by atoms with Gasteiger partial charge in [-0.3, -0.25) is 14.2 Å². The lowest BCUT2D eigenvalue weighted by Crippen LogP contribution is -2.34. The van der Waals surface area contributed by atoms with E-state index in [1.54, 1.807) is 10.6 Å². The number of amides is 1. The second-order valence-corrected chi connectivity index (χ2v) is 8.48. The summed E-state index contributed by atoms with van der Waals surface area (Å²) in [5, 5.41) is 1.14. The van der Waals surface area contributed by atoms with Gasteiger partial charge in [-0.15, -0.1) is 0 Å². The Morgan fingerprint density at radius 2 is 1.97 bits per heavy atom. The third kappa shape index (κ3) is 3.94. The summed E-state index contributed by atoms with van der Waals surface area (Å²) in [4.78, 5) is 32.8. The largest absolute Gasteiger partial charge is 0.339 e. The lowest BCUT2D eigenvalue weighted by atomic mass is 10.1. The molecule has 0 atom stereocenters. The topological polar surface area (TPSA) is 55.2 Å². The van der Waals surface area contributed by atoms with E-state index in [-0.39, 0.29) is 17.2 Å². The third-order valence-electron chi connectivity index (χ3n) is 5.31. The maximum atomic E-state index is 13.4. The first-order valence-corrected chi connectivity index (χ1v) is 11.0. The van der Waals surface area contributed by atoms with Gasteiger partial charge in [0.2, 0.25) is 5.91 Å². The minimum Gasteiger partial charge on any atom is -0.339 e. The van der Waals surface area contributed by atoms with Gasteiger partial charge in [-0.2, -0.15) is 0 Å². The molecule has 0 bridgehead atoms. The summed E-state index contributed by atoms with van der Waals surface area (Å²) >= 11 is 1.34. The van der Waals surface area contributed by atoms with E-state index in [2.05, 4.69) is 6.07 Å². The van der Waals surface area contributed by atoms with Gasteiger partial charge in [0, 0.05) is 12.6 Å². The average Bonchev–Trinajstić information content (AvgIpc) is 3.53. The zero-order valence-electron chi connectivity index (χ0n) is 17.0. The van der Waals surface area contributed by atoms with E-state index < -0.39 is 0 Å². The van der Waals surface area contributed by atoms with Crippen LogP contribution in [0.25, 0.3) is 16.6 Å². The molecular formula is C23H25N3O2S. The van der Waals surface area contributed by atoms with E-state index >= 15 is 0 Å².